The summed E-state index contributed by atoms with van der Waals surface area (Å²) in [4.78, 5) is 40.5. The summed E-state index contributed by atoms with van der Waals surface area (Å²) in [6.07, 6.45) is -4.70. The van der Waals surface area contributed by atoms with Crippen LogP contribution in [-0.4, -0.2) is 103 Å². The zero-order valence-electron chi connectivity index (χ0n) is 20.0. The molecule has 0 radical (unpaired) electrons. The third-order valence-electron chi connectivity index (χ3n) is 5.44. The fourth-order valence-electron chi connectivity index (χ4n) is 3.38. The van der Waals surface area contributed by atoms with E-state index >= 15 is 0 Å². The van der Waals surface area contributed by atoms with Crippen LogP contribution < -0.4 is 5.32 Å². The minimum absolute atomic E-state index is 0.0129. The number of aliphatic carboxylic acids is 1. The van der Waals surface area contributed by atoms with Gasteiger partial charge < -0.3 is 25.1 Å². The van der Waals surface area contributed by atoms with Crippen molar-refractivity contribution in [2.45, 2.75) is 33.4 Å². The Balaban J connectivity index is 0.000000718. The van der Waals surface area contributed by atoms with Gasteiger partial charge in [0.2, 0.25) is 5.91 Å². The Morgan fingerprint density at radius 1 is 1.06 bits per heavy atom. The van der Waals surface area contributed by atoms with Crippen LogP contribution in [0.3, 0.4) is 0 Å². The molecule has 0 aromatic heterocycles. The van der Waals surface area contributed by atoms with Crippen molar-refractivity contribution in [2.24, 2.45) is 0 Å². The number of nitrogens with zero attached hydrogens (tertiary/aromatic N) is 3. The van der Waals surface area contributed by atoms with Gasteiger partial charge in [-0.15, -0.1) is 0 Å². The highest BCUT2D eigenvalue weighted by molar-refractivity contribution is 5.94. The van der Waals surface area contributed by atoms with Crippen molar-refractivity contribution in [3.8, 4) is 0 Å². The SMILES string of the molecule is CCN(CC)CCN(CCC(=O)N1CCNCC1)C(=O)c1cccc(C)c1.O=C(O)C(F)(F)F. The molecule has 0 atom stereocenters. The fraction of sp³-hybridized carbons (Fsp3) is 0.609. The van der Waals surface area contributed by atoms with Gasteiger partial charge in [0, 0.05) is 57.8 Å². The molecule has 2 rings (SSSR count). The molecule has 0 unspecified atom stereocenters. The number of alkyl halides is 3. The van der Waals surface area contributed by atoms with Gasteiger partial charge in [0.1, 0.15) is 0 Å². The predicted octanol–water partition coefficient (Wildman–Crippen LogP) is 2.23. The molecule has 0 saturated carbocycles. The second-order valence-corrected chi connectivity index (χ2v) is 7.87. The summed E-state index contributed by atoms with van der Waals surface area (Å²) in [5.74, 6) is -2.60. The summed E-state index contributed by atoms with van der Waals surface area (Å²) in [5, 5.41) is 10.4. The molecule has 0 spiro atoms. The van der Waals surface area contributed by atoms with Crippen LogP contribution in [0.1, 0.15) is 36.2 Å². The number of carboxylic acids is 1. The Morgan fingerprint density at radius 2 is 1.65 bits per heavy atom. The van der Waals surface area contributed by atoms with Crippen LogP contribution in [0.5, 0.6) is 0 Å². The second kappa shape index (κ2) is 14.6. The average Bonchev–Trinajstić information content (AvgIpc) is 2.81. The van der Waals surface area contributed by atoms with E-state index in [4.69, 9.17) is 9.90 Å². The minimum Gasteiger partial charge on any atom is -0.475 e. The van der Waals surface area contributed by atoms with Crippen LogP contribution in [0, 0.1) is 6.92 Å². The molecule has 1 aromatic rings. The summed E-state index contributed by atoms with van der Waals surface area (Å²) in [7, 11) is 0. The smallest absolute Gasteiger partial charge is 0.475 e. The molecular formula is C23H35F3N4O4. The molecule has 1 saturated heterocycles. The summed E-state index contributed by atoms with van der Waals surface area (Å²) < 4.78 is 31.7. The topological polar surface area (TPSA) is 93.2 Å². The van der Waals surface area contributed by atoms with E-state index in [1.807, 2.05) is 41.0 Å². The summed E-state index contributed by atoms with van der Waals surface area (Å²) >= 11 is 0. The highest BCUT2D eigenvalue weighted by atomic mass is 19.4. The number of halogens is 3. The Bertz CT molecular complexity index is 795. The van der Waals surface area contributed by atoms with Gasteiger partial charge >= 0.3 is 12.1 Å². The van der Waals surface area contributed by atoms with Gasteiger partial charge in [0.25, 0.3) is 5.91 Å². The summed E-state index contributed by atoms with van der Waals surface area (Å²) in [6.45, 7) is 13.3. The third kappa shape index (κ3) is 10.5. The summed E-state index contributed by atoms with van der Waals surface area (Å²) in [6, 6.07) is 7.69. The average molecular weight is 489 g/mol. The van der Waals surface area contributed by atoms with Gasteiger partial charge in [-0.2, -0.15) is 13.2 Å². The maximum atomic E-state index is 13.0. The monoisotopic (exact) mass is 488 g/mol. The molecule has 1 aromatic carbocycles. The largest absolute Gasteiger partial charge is 0.490 e. The minimum atomic E-state index is -5.08. The zero-order valence-corrected chi connectivity index (χ0v) is 20.0. The van der Waals surface area contributed by atoms with E-state index in [-0.39, 0.29) is 11.8 Å². The van der Waals surface area contributed by atoms with E-state index in [1.165, 1.54) is 0 Å². The third-order valence-corrected chi connectivity index (χ3v) is 5.44. The fourth-order valence-corrected chi connectivity index (χ4v) is 3.38. The molecule has 1 aliphatic heterocycles. The number of hydrogen-bond donors (Lipinski definition) is 2. The van der Waals surface area contributed by atoms with Crippen molar-refractivity contribution < 1.29 is 32.7 Å². The standard InChI is InChI=1S/C21H34N4O2.C2HF3O2/c1-4-23(5-2)15-16-25(21(27)19-8-6-7-18(3)17-19)12-9-20(26)24-13-10-22-11-14-24;3-2(4,5)1(6)7/h6-8,17,22H,4-5,9-16H2,1-3H3;(H,6,7). The number of carbonyl (C=O) groups is 3. The van der Waals surface area contributed by atoms with Gasteiger partial charge in [0.05, 0.1) is 0 Å². The number of benzene rings is 1. The van der Waals surface area contributed by atoms with E-state index in [9.17, 15) is 22.8 Å². The van der Waals surface area contributed by atoms with E-state index in [0.717, 1.165) is 51.4 Å². The number of aryl methyl sites for hydroxylation is 1. The Kier molecular flexibility index (Phi) is 12.6. The van der Waals surface area contributed by atoms with Crippen LogP contribution >= 0.6 is 0 Å². The van der Waals surface area contributed by atoms with Crippen LogP contribution in [0.2, 0.25) is 0 Å². The number of rotatable bonds is 9. The van der Waals surface area contributed by atoms with Crippen molar-refractivity contribution in [3.63, 3.8) is 0 Å². The van der Waals surface area contributed by atoms with Crippen molar-refractivity contribution >= 4 is 17.8 Å². The molecule has 2 N–H and O–H groups in total. The first-order chi connectivity index (χ1) is 16.0. The van der Waals surface area contributed by atoms with Gasteiger partial charge in [-0.3, -0.25) is 9.59 Å². The van der Waals surface area contributed by atoms with Crippen LogP contribution in [0.15, 0.2) is 24.3 Å². The van der Waals surface area contributed by atoms with E-state index in [1.54, 1.807) is 0 Å². The maximum absolute atomic E-state index is 13.0. The van der Waals surface area contributed by atoms with Crippen LogP contribution in [0.25, 0.3) is 0 Å². The zero-order chi connectivity index (χ0) is 25.7. The quantitative estimate of drug-likeness (QED) is 0.554. The van der Waals surface area contributed by atoms with E-state index in [0.29, 0.717) is 25.1 Å². The number of likely N-dealkylation sites (N-methyl/N-ethyl adjacent to an activating group) is 1. The summed E-state index contributed by atoms with van der Waals surface area (Å²) in [5.41, 5.74) is 1.77. The van der Waals surface area contributed by atoms with Gasteiger partial charge in [-0.1, -0.05) is 31.5 Å². The van der Waals surface area contributed by atoms with Gasteiger partial charge in [0.15, 0.2) is 0 Å². The molecule has 0 aliphatic carbocycles. The van der Waals surface area contributed by atoms with Crippen molar-refractivity contribution in [3.05, 3.63) is 35.4 Å². The Morgan fingerprint density at radius 3 is 2.15 bits per heavy atom. The first-order valence-electron chi connectivity index (χ1n) is 11.4. The number of amides is 2. The van der Waals surface area contributed by atoms with Crippen molar-refractivity contribution in [1.29, 1.82) is 0 Å². The van der Waals surface area contributed by atoms with Crippen molar-refractivity contribution in [2.75, 3.05) is 58.9 Å². The molecule has 11 heteroatoms. The molecule has 8 nitrogen and oxygen atoms in total. The highest BCUT2D eigenvalue weighted by Crippen LogP contribution is 2.13. The predicted molar refractivity (Wildman–Crippen MR) is 123 cm³/mol. The lowest BCUT2D eigenvalue weighted by Gasteiger charge is -2.30. The van der Waals surface area contributed by atoms with E-state index < -0.39 is 12.1 Å². The Labute approximate surface area is 198 Å². The molecule has 192 valence electrons. The van der Waals surface area contributed by atoms with Gasteiger partial charge in [-0.05, 0) is 32.1 Å². The van der Waals surface area contributed by atoms with E-state index in [2.05, 4.69) is 24.1 Å². The first kappa shape index (κ1) is 29.4. The number of carboxylic acid groups (broad SMARTS) is 1. The maximum Gasteiger partial charge on any atom is 0.490 e. The molecule has 34 heavy (non-hydrogen) atoms. The lowest BCUT2D eigenvalue weighted by Crippen LogP contribution is -2.47. The first-order valence-corrected chi connectivity index (χ1v) is 11.4. The Hall–Kier alpha value is -2.66. The lowest BCUT2D eigenvalue weighted by atomic mass is 10.1. The van der Waals surface area contributed by atoms with Crippen molar-refractivity contribution in [1.82, 2.24) is 20.0 Å². The molecule has 0 bridgehead atoms. The van der Waals surface area contributed by atoms with Crippen LogP contribution in [-0.2, 0) is 9.59 Å². The lowest BCUT2D eigenvalue weighted by molar-refractivity contribution is -0.192. The number of hydrogen-bond acceptors (Lipinski definition) is 5. The van der Waals surface area contributed by atoms with Gasteiger partial charge in [-0.25, -0.2) is 4.79 Å². The van der Waals surface area contributed by atoms with Crippen LogP contribution in [0.4, 0.5) is 13.2 Å². The second-order valence-electron chi connectivity index (χ2n) is 7.87. The normalized spacial score (nSPS) is 13.8. The molecule has 2 amide bonds. The number of nitrogens with one attached hydrogen (secondary N) is 1. The number of piperazine rings is 1. The molecule has 1 heterocycles. The number of carbonyl (C=O) groups excluding carboxylic acids is 2. The molecule has 1 aliphatic rings. The molecular weight excluding hydrogens is 453 g/mol. The highest BCUT2D eigenvalue weighted by Gasteiger charge is 2.38. The molecule has 1 fully saturated rings.